The third-order valence-corrected chi connectivity index (χ3v) is 6.96. The highest BCUT2D eigenvalue weighted by Crippen LogP contribution is 2.36. The van der Waals surface area contributed by atoms with E-state index in [1.54, 1.807) is 0 Å². The third-order valence-electron chi connectivity index (χ3n) is 6.96. The van der Waals surface area contributed by atoms with Gasteiger partial charge in [-0.05, 0) is 56.3 Å². The molecule has 8 nitrogen and oxygen atoms in total. The summed E-state index contributed by atoms with van der Waals surface area (Å²) in [5, 5.41) is 13.8. The van der Waals surface area contributed by atoms with E-state index in [0.717, 1.165) is 61.6 Å². The maximum absolute atomic E-state index is 11.7. The van der Waals surface area contributed by atoms with Crippen LogP contribution in [0.3, 0.4) is 0 Å². The van der Waals surface area contributed by atoms with Gasteiger partial charge in [-0.1, -0.05) is 0 Å². The molecule has 1 saturated heterocycles. The van der Waals surface area contributed by atoms with Crippen LogP contribution in [0.5, 0.6) is 0 Å². The zero-order chi connectivity index (χ0) is 22.9. The van der Waals surface area contributed by atoms with Gasteiger partial charge in [-0.2, -0.15) is 5.26 Å². The molecule has 0 atom stereocenters. The molecule has 0 radical (unpaired) electrons. The predicted octanol–water partition coefficient (Wildman–Crippen LogP) is 2.94. The maximum atomic E-state index is 11.7. The normalized spacial score (nSPS) is 20.4. The van der Waals surface area contributed by atoms with Crippen LogP contribution in [0.15, 0.2) is 42.6 Å². The van der Waals surface area contributed by atoms with Gasteiger partial charge in [0, 0.05) is 55.5 Å². The molecular weight excluding hydrogens is 416 g/mol. The number of nitriles is 1. The number of piperazine rings is 1. The highest BCUT2D eigenvalue weighted by Gasteiger charge is 2.31. The number of fused-ring (bicyclic) bond motifs is 1. The zero-order valence-electron chi connectivity index (χ0n) is 19.0. The lowest BCUT2D eigenvalue weighted by atomic mass is 9.87. The van der Waals surface area contributed by atoms with Crippen LogP contribution in [-0.2, 0) is 4.74 Å². The summed E-state index contributed by atoms with van der Waals surface area (Å²) in [6.07, 6.45) is 4.09. The summed E-state index contributed by atoms with van der Waals surface area (Å²) in [6.45, 7) is 3.45. The fourth-order valence-electron chi connectivity index (χ4n) is 4.83. The molecule has 2 aliphatic rings. The van der Waals surface area contributed by atoms with Gasteiger partial charge < -0.3 is 24.4 Å². The van der Waals surface area contributed by atoms with E-state index >= 15 is 0 Å². The van der Waals surface area contributed by atoms with E-state index in [9.17, 15) is 10.1 Å². The summed E-state index contributed by atoms with van der Waals surface area (Å²) in [7, 11) is 3.39. The van der Waals surface area contributed by atoms with E-state index in [1.165, 1.54) is 7.11 Å². The molecule has 0 amide bonds. The van der Waals surface area contributed by atoms with Crippen LogP contribution in [0.1, 0.15) is 34.8 Å². The predicted molar refractivity (Wildman–Crippen MR) is 128 cm³/mol. The van der Waals surface area contributed by atoms with Crippen LogP contribution < -0.4 is 15.1 Å². The molecule has 3 heterocycles. The molecule has 0 bridgehead atoms. The quantitative estimate of drug-likeness (QED) is 0.606. The van der Waals surface area contributed by atoms with E-state index in [2.05, 4.69) is 25.8 Å². The summed E-state index contributed by atoms with van der Waals surface area (Å²) in [4.78, 5) is 21.3. The first-order chi connectivity index (χ1) is 16.1. The summed E-state index contributed by atoms with van der Waals surface area (Å²) >= 11 is 0. The maximum Gasteiger partial charge on any atom is 0.337 e. The van der Waals surface area contributed by atoms with Gasteiger partial charge in [-0.15, -0.1) is 0 Å². The van der Waals surface area contributed by atoms with Crippen LogP contribution in [0.25, 0.3) is 11.0 Å². The van der Waals surface area contributed by atoms with Crippen molar-refractivity contribution in [2.24, 2.45) is 0 Å². The van der Waals surface area contributed by atoms with Crippen LogP contribution in [0.2, 0.25) is 0 Å². The number of hydrogen-bond donors (Lipinski definition) is 1. The van der Waals surface area contributed by atoms with Crippen molar-refractivity contribution in [2.75, 3.05) is 50.1 Å². The van der Waals surface area contributed by atoms with E-state index in [-0.39, 0.29) is 5.97 Å². The van der Waals surface area contributed by atoms with Crippen molar-refractivity contribution < 1.29 is 9.53 Å². The van der Waals surface area contributed by atoms with Crippen LogP contribution >= 0.6 is 0 Å². The molecule has 1 saturated carbocycles. The van der Waals surface area contributed by atoms with Crippen molar-refractivity contribution in [1.82, 2.24) is 14.9 Å². The van der Waals surface area contributed by atoms with Gasteiger partial charge in [0.1, 0.15) is 17.5 Å². The minimum absolute atomic E-state index is 0.319. The Morgan fingerprint density at radius 1 is 1.09 bits per heavy atom. The molecule has 3 aromatic rings. The summed E-state index contributed by atoms with van der Waals surface area (Å²) < 4.78 is 6.98. The van der Waals surface area contributed by atoms with Gasteiger partial charge in [0.15, 0.2) is 0 Å². The summed E-state index contributed by atoms with van der Waals surface area (Å²) in [6, 6.07) is 14.9. The molecule has 1 aliphatic heterocycles. The molecule has 2 aromatic heterocycles. The third kappa shape index (κ3) is 3.89. The van der Waals surface area contributed by atoms with E-state index < -0.39 is 0 Å². The Hall–Kier alpha value is -3.57. The van der Waals surface area contributed by atoms with Gasteiger partial charge in [0.25, 0.3) is 0 Å². The Kier molecular flexibility index (Phi) is 5.65. The molecule has 1 N–H and O–H groups in total. The number of pyridine rings is 1. The molecule has 5 rings (SSSR count). The Morgan fingerprint density at radius 2 is 1.79 bits per heavy atom. The molecule has 33 heavy (non-hydrogen) atoms. The average molecular weight is 445 g/mol. The minimum Gasteiger partial charge on any atom is -0.465 e. The molecule has 0 unspecified atom stereocenters. The largest absolute Gasteiger partial charge is 0.465 e. The number of esters is 1. The number of nitrogens with one attached hydrogen (secondary N) is 1. The average Bonchev–Trinajstić information content (AvgIpc) is 3.21. The zero-order valence-corrected chi connectivity index (χ0v) is 19.0. The Bertz CT molecular complexity index is 1200. The number of ether oxygens (including phenoxy) is 1. The fourth-order valence-corrected chi connectivity index (χ4v) is 4.83. The Balaban J connectivity index is 1.31. The van der Waals surface area contributed by atoms with Crippen molar-refractivity contribution in [3.63, 3.8) is 0 Å². The summed E-state index contributed by atoms with van der Waals surface area (Å²) in [5.41, 5.74) is 3.26. The number of aromatic nitrogens is 2. The Morgan fingerprint density at radius 3 is 2.42 bits per heavy atom. The molecule has 1 aromatic carbocycles. The molecular formula is C25H28N6O2. The SMILES string of the molecule is CN[C@H]1C[C@H](n2cc(C#N)c3ccc(N4CCN(c5ccc(C(=O)OC)cc5)CC4)nc32)C1. The van der Waals surface area contributed by atoms with Crippen LogP contribution in [-0.4, -0.2) is 61.9 Å². The molecule has 8 heteroatoms. The topological polar surface area (TPSA) is 86.4 Å². The van der Waals surface area contributed by atoms with Crippen molar-refractivity contribution in [1.29, 1.82) is 5.26 Å². The van der Waals surface area contributed by atoms with E-state index in [1.807, 2.05) is 49.6 Å². The fraction of sp³-hybridized carbons (Fsp3) is 0.400. The highest BCUT2D eigenvalue weighted by atomic mass is 16.5. The standard InChI is InChI=1S/C25H28N6O2/c1-27-19-13-21(14-19)31-16-18(15-26)22-7-8-23(28-24(22)31)30-11-9-29(10-12-30)20-5-3-17(4-6-20)25(32)33-2/h3-8,16,19,21,27H,9-14H2,1-2H3/t19-,21-. The van der Waals surface area contributed by atoms with Crippen molar-refractivity contribution in [3.05, 3.63) is 53.7 Å². The number of carbonyl (C=O) groups excluding carboxylic acids is 1. The molecule has 0 spiro atoms. The second kappa shape index (κ2) is 8.75. The van der Waals surface area contributed by atoms with Crippen molar-refractivity contribution in [3.8, 4) is 6.07 Å². The monoisotopic (exact) mass is 444 g/mol. The first-order valence-corrected chi connectivity index (χ1v) is 11.4. The minimum atomic E-state index is -0.319. The molecule has 2 fully saturated rings. The highest BCUT2D eigenvalue weighted by molar-refractivity contribution is 5.89. The number of benzene rings is 1. The van der Waals surface area contributed by atoms with E-state index in [0.29, 0.717) is 23.2 Å². The van der Waals surface area contributed by atoms with Crippen LogP contribution in [0.4, 0.5) is 11.5 Å². The molecule has 170 valence electrons. The number of methoxy groups -OCH3 is 1. The second-order valence-electron chi connectivity index (χ2n) is 8.73. The van der Waals surface area contributed by atoms with Gasteiger partial charge in [-0.25, -0.2) is 9.78 Å². The molecule has 1 aliphatic carbocycles. The number of carbonyl (C=O) groups is 1. The van der Waals surface area contributed by atoms with Gasteiger partial charge in [0.05, 0.1) is 18.2 Å². The smallest absolute Gasteiger partial charge is 0.337 e. The number of anilines is 2. The van der Waals surface area contributed by atoms with Gasteiger partial charge in [0.2, 0.25) is 0 Å². The van der Waals surface area contributed by atoms with Gasteiger partial charge in [-0.3, -0.25) is 0 Å². The van der Waals surface area contributed by atoms with Crippen molar-refractivity contribution in [2.45, 2.75) is 24.9 Å². The Labute approximate surface area is 193 Å². The number of nitrogens with zero attached hydrogens (tertiary/aromatic N) is 5. The van der Waals surface area contributed by atoms with Gasteiger partial charge >= 0.3 is 5.97 Å². The lowest BCUT2D eigenvalue weighted by Gasteiger charge is -2.37. The lowest BCUT2D eigenvalue weighted by Crippen LogP contribution is -2.46. The first-order valence-electron chi connectivity index (χ1n) is 11.4. The van der Waals surface area contributed by atoms with E-state index in [4.69, 9.17) is 9.72 Å². The number of rotatable bonds is 5. The summed E-state index contributed by atoms with van der Waals surface area (Å²) in [5.74, 6) is 0.636. The second-order valence-corrected chi connectivity index (χ2v) is 8.73. The van der Waals surface area contributed by atoms with Crippen LogP contribution in [0, 0.1) is 11.3 Å². The van der Waals surface area contributed by atoms with Crippen molar-refractivity contribution >= 4 is 28.5 Å². The first kappa shape index (κ1) is 21.3. The lowest BCUT2D eigenvalue weighted by molar-refractivity contribution is 0.0600. The number of hydrogen-bond acceptors (Lipinski definition) is 7.